The zero-order valence-electron chi connectivity index (χ0n) is 21.2. The molecule has 4 aromatic rings. The van der Waals surface area contributed by atoms with E-state index < -0.39 is 0 Å². The molecule has 0 atom stereocenters. The van der Waals surface area contributed by atoms with E-state index in [0.29, 0.717) is 34.1 Å². The van der Waals surface area contributed by atoms with Crippen LogP contribution in [0.2, 0.25) is 0 Å². The SMILES string of the molecule is COc1cc(N2CC3(CN(C)C3)C2)c(F)cc1Nc1nc(N2SN3CCc4cccc2c43)c2cc[nH]c2n1. The van der Waals surface area contributed by atoms with Gasteiger partial charge in [0.1, 0.15) is 17.2 Å². The lowest BCUT2D eigenvalue weighted by atomic mass is 9.73. The Kier molecular flexibility index (Phi) is 4.64. The minimum absolute atomic E-state index is 0.286. The first-order valence-corrected chi connectivity index (χ1v) is 13.5. The number of halogens is 1. The fourth-order valence-electron chi connectivity index (χ4n) is 6.48. The van der Waals surface area contributed by atoms with E-state index in [0.717, 1.165) is 56.0 Å². The third-order valence-electron chi connectivity index (χ3n) is 8.04. The lowest BCUT2D eigenvalue weighted by Crippen LogP contribution is -2.71. The fraction of sp³-hybridized carbons (Fsp3) is 0.333. The number of aromatic nitrogens is 3. The van der Waals surface area contributed by atoms with Crippen molar-refractivity contribution in [3.8, 4) is 5.75 Å². The van der Waals surface area contributed by atoms with Gasteiger partial charge in [0.2, 0.25) is 5.95 Å². The number of H-pyrrole nitrogens is 1. The van der Waals surface area contributed by atoms with Gasteiger partial charge in [0.25, 0.3) is 0 Å². The summed E-state index contributed by atoms with van der Waals surface area (Å²) in [6.07, 6.45) is 2.92. The number of aromatic amines is 1. The quantitative estimate of drug-likeness (QED) is 0.358. The molecular weight excluding hydrogens is 503 g/mol. The molecule has 4 aliphatic rings. The van der Waals surface area contributed by atoms with Crippen molar-refractivity contribution in [2.45, 2.75) is 6.42 Å². The minimum atomic E-state index is -0.286. The number of fused-ring (bicyclic) bond motifs is 1. The highest BCUT2D eigenvalue weighted by Crippen LogP contribution is 2.54. The van der Waals surface area contributed by atoms with E-state index in [1.54, 1.807) is 25.3 Å². The maximum Gasteiger partial charge on any atom is 0.231 e. The standard InChI is InChI=1S/C27H27FN8OS/c1-33-12-27(13-33)14-34(15-27)21-11-22(37-2)19(10-18(21)28)30-26-31-24-17(6-8-29-24)25(32-26)36-20-5-3-4-16-7-9-35(38-36)23(16)20/h3-6,8,10-11H,7,9,12-15H2,1-2H3,(H2,29,30,31,32). The van der Waals surface area contributed by atoms with Crippen LogP contribution >= 0.6 is 12.1 Å². The normalized spacial score (nSPS) is 19.2. The molecule has 2 aromatic carbocycles. The first-order chi connectivity index (χ1) is 18.5. The second-order valence-corrected chi connectivity index (χ2v) is 11.8. The number of hydrogen-bond donors (Lipinski definition) is 2. The molecule has 0 bridgehead atoms. The molecule has 11 heteroatoms. The van der Waals surface area contributed by atoms with Crippen molar-refractivity contribution in [1.29, 1.82) is 0 Å². The Morgan fingerprint density at radius 3 is 2.79 bits per heavy atom. The van der Waals surface area contributed by atoms with Gasteiger partial charge in [0, 0.05) is 56.5 Å². The Morgan fingerprint density at radius 1 is 1.11 bits per heavy atom. The first-order valence-electron chi connectivity index (χ1n) is 12.8. The highest BCUT2D eigenvalue weighted by molar-refractivity contribution is 8.02. The molecule has 1 spiro atoms. The summed E-state index contributed by atoms with van der Waals surface area (Å²) in [4.78, 5) is 17.2. The largest absolute Gasteiger partial charge is 0.494 e. The maximum absolute atomic E-state index is 15.4. The summed E-state index contributed by atoms with van der Waals surface area (Å²) >= 11 is 1.65. The molecule has 0 aliphatic carbocycles. The summed E-state index contributed by atoms with van der Waals surface area (Å²) in [6, 6.07) is 11.7. The van der Waals surface area contributed by atoms with Gasteiger partial charge < -0.3 is 24.8 Å². The molecule has 4 aliphatic heterocycles. The molecule has 2 N–H and O–H groups in total. The molecule has 194 valence electrons. The van der Waals surface area contributed by atoms with E-state index in [1.165, 1.54) is 17.3 Å². The highest BCUT2D eigenvalue weighted by atomic mass is 32.2. The summed E-state index contributed by atoms with van der Waals surface area (Å²) in [7, 11) is 3.73. The van der Waals surface area contributed by atoms with Crippen molar-refractivity contribution >= 4 is 57.7 Å². The molecule has 8 rings (SSSR count). The summed E-state index contributed by atoms with van der Waals surface area (Å²) < 4.78 is 25.5. The second-order valence-electron chi connectivity index (χ2n) is 10.8. The Hall–Kier alpha value is -3.70. The number of ether oxygens (including phenoxy) is 1. The monoisotopic (exact) mass is 530 g/mol. The van der Waals surface area contributed by atoms with Crippen LogP contribution in [-0.4, -0.2) is 66.7 Å². The van der Waals surface area contributed by atoms with E-state index in [-0.39, 0.29) is 5.82 Å². The first kappa shape index (κ1) is 22.3. The predicted molar refractivity (Wildman–Crippen MR) is 149 cm³/mol. The van der Waals surface area contributed by atoms with Crippen LogP contribution in [0, 0.1) is 11.2 Å². The number of methoxy groups -OCH3 is 1. The Labute approximate surface area is 223 Å². The number of benzene rings is 2. The van der Waals surface area contributed by atoms with Crippen LogP contribution < -0.4 is 23.6 Å². The van der Waals surface area contributed by atoms with Crippen LogP contribution in [0.1, 0.15) is 5.56 Å². The number of nitrogens with zero attached hydrogens (tertiary/aromatic N) is 6. The van der Waals surface area contributed by atoms with Gasteiger partial charge in [-0.3, -0.25) is 4.31 Å². The number of hydrogen-bond acceptors (Lipinski definition) is 9. The molecule has 0 radical (unpaired) electrons. The topological polar surface area (TPSA) is 75.8 Å². The van der Waals surface area contributed by atoms with Gasteiger partial charge in [-0.15, -0.1) is 0 Å². The van der Waals surface area contributed by atoms with Crippen LogP contribution in [0.25, 0.3) is 11.0 Å². The minimum Gasteiger partial charge on any atom is -0.494 e. The van der Waals surface area contributed by atoms with Crippen LogP contribution in [0.3, 0.4) is 0 Å². The van der Waals surface area contributed by atoms with Crippen LogP contribution in [0.5, 0.6) is 5.75 Å². The molecular formula is C27H27FN8OS. The predicted octanol–water partition coefficient (Wildman–Crippen LogP) is 4.68. The molecule has 38 heavy (non-hydrogen) atoms. The highest BCUT2D eigenvalue weighted by Gasteiger charge is 2.51. The summed E-state index contributed by atoms with van der Waals surface area (Å²) in [5.41, 5.74) is 5.81. The van der Waals surface area contributed by atoms with Gasteiger partial charge in [-0.2, -0.15) is 9.97 Å². The Bertz CT molecular complexity index is 1590. The van der Waals surface area contributed by atoms with Gasteiger partial charge in [-0.05, 0) is 31.2 Å². The van der Waals surface area contributed by atoms with Gasteiger partial charge in [-0.1, -0.05) is 12.1 Å². The lowest BCUT2D eigenvalue weighted by molar-refractivity contribution is -0.00271. The van der Waals surface area contributed by atoms with Crippen molar-refractivity contribution in [3.05, 3.63) is 54.0 Å². The van der Waals surface area contributed by atoms with E-state index in [9.17, 15) is 0 Å². The van der Waals surface area contributed by atoms with E-state index in [4.69, 9.17) is 9.72 Å². The van der Waals surface area contributed by atoms with E-state index in [1.807, 2.05) is 12.3 Å². The average molecular weight is 531 g/mol. The number of nitrogens with one attached hydrogen (secondary N) is 2. The number of para-hydroxylation sites is 1. The third-order valence-corrected chi connectivity index (χ3v) is 9.13. The molecule has 0 unspecified atom stereocenters. The molecule has 2 saturated heterocycles. The van der Waals surface area contributed by atoms with Gasteiger partial charge in [-0.25, -0.2) is 8.70 Å². The Balaban J connectivity index is 1.13. The van der Waals surface area contributed by atoms with E-state index >= 15 is 4.39 Å². The maximum atomic E-state index is 15.4. The summed E-state index contributed by atoms with van der Waals surface area (Å²) in [5.74, 6) is 1.41. The molecule has 2 fully saturated rings. The van der Waals surface area contributed by atoms with Crippen molar-refractivity contribution in [2.24, 2.45) is 5.41 Å². The van der Waals surface area contributed by atoms with Gasteiger partial charge >= 0.3 is 0 Å². The molecule has 9 nitrogen and oxygen atoms in total. The molecule has 6 heterocycles. The molecule has 0 saturated carbocycles. The van der Waals surface area contributed by atoms with Crippen molar-refractivity contribution < 1.29 is 9.13 Å². The van der Waals surface area contributed by atoms with Crippen molar-refractivity contribution in [2.75, 3.05) is 65.7 Å². The average Bonchev–Trinajstić information content (AvgIpc) is 3.60. The number of anilines is 6. The second kappa shape index (κ2) is 7.90. The van der Waals surface area contributed by atoms with Crippen LogP contribution in [-0.2, 0) is 6.42 Å². The smallest absolute Gasteiger partial charge is 0.231 e. The van der Waals surface area contributed by atoms with Crippen LogP contribution in [0.15, 0.2) is 42.6 Å². The van der Waals surface area contributed by atoms with E-state index in [2.05, 4.69) is 58.9 Å². The number of rotatable bonds is 5. The molecule has 2 aromatic heterocycles. The summed E-state index contributed by atoms with van der Waals surface area (Å²) in [6.45, 7) is 4.85. The van der Waals surface area contributed by atoms with Crippen molar-refractivity contribution in [1.82, 2.24) is 19.9 Å². The fourth-order valence-corrected chi connectivity index (χ4v) is 7.60. The van der Waals surface area contributed by atoms with Crippen LogP contribution in [0.4, 0.5) is 38.9 Å². The zero-order chi connectivity index (χ0) is 25.6. The number of likely N-dealkylation sites (tertiary alicyclic amines) is 1. The summed E-state index contributed by atoms with van der Waals surface area (Å²) in [5, 5.41) is 4.16. The lowest BCUT2D eigenvalue weighted by Gasteiger charge is -2.60. The van der Waals surface area contributed by atoms with Gasteiger partial charge in [0.15, 0.2) is 5.82 Å². The third kappa shape index (κ3) is 3.21. The molecule has 0 amide bonds. The zero-order valence-corrected chi connectivity index (χ0v) is 22.0. The van der Waals surface area contributed by atoms with Gasteiger partial charge in [0.05, 0.1) is 47.4 Å². The Morgan fingerprint density at radius 2 is 1.97 bits per heavy atom. The van der Waals surface area contributed by atoms with Crippen molar-refractivity contribution in [3.63, 3.8) is 0 Å².